The summed E-state index contributed by atoms with van der Waals surface area (Å²) in [6.45, 7) is 3.83. The molecule has 0 fully saturated rings. The van der Waals surface area contributed by atoms with E-state index in [1.165, 1.54) is 28.1 Å². The molecule has 0 amide bonds. The lowest BCUT2D eigenvalue weighted by Crippen LogP contribution is -2.58. The third-order valence-corrected chi connectivity index (χ3v) is 6.16. The van der Waals surface area contributed by atoms with Gasteiger partial charge in [0.15, 0.2) is 11.6 Å². The van der Waals surface area contributed by atoms with Crippen molar-refractivity contribution in [3.05, 3.63) is 89.6 Å². The van der Waals surface area contributed by atoms with E-state index in [-0.39, 0.29) is 24.0 Å². The summed E-state index contributed by atoms with van der Waals surface area (Å²) in [7, 11) is 0. The lowest BCUT2D eigenvalue weighted by Gasteiger charge is -2.38. The number of fused-ring (bicyclic) bond motifs is 1. The maximum Gasteiger partial charge on any atom is 0.416 e. The van der Waals surface area contributed by atoms with Crippen molar-refractivity contribution in [2.75, 3.05) is 16.8 Å². The van der Waals surface area contributed by atoms with Crippen molar-refractivity contribution in [1.82, 2.24) is 14.5 Å². The fourth-order valence-corrected chi connectivity index (χ4v) is 4.55. The first-order valence-corrected chi connectivity index (χ1v) is 11.6. The molecule has 1 aliphatic heterocycles. The van der Waals surface area contributed by atoms with E-state index >= 15 is 4.39 Å². The number of nitrogens with two attached hydrogens (primary N) is 1. The van der Waals surface area contributed by atoms with Crippen LogP contribution in [-0.2, 0) is 12.0 Å². The Labute approximate surface area is 213 Å². The molecule has 1 unspecified atom stereocenters. The molecule has 0 bridgehead atoms. The molecule has 2 aromatic carbocycles. The Hall–Kier alpha value is -4.06. The van der Waals surface area contributed by atoms with Crippen LogP contribution in [0.3, 0.4) is 0 Å². The Morgan fingerprint density at radius 2 is 1.76 bits per heavy atom. The van der Waals surface area contributed by atoms with Crippen LogP contribution in [0.25, 0.3) is 17.1 Å². The molecule has 38 heavy (non-hydrogen) atoms. The molecule has 3 heterocycles. The Bertz CT molecular complexity index is 1510. The standard InChI is InChI=1S/C26H22F6N6/c1-14(2)11-38-24-20(36-26(38,33)23-16(25(30,31)32)4-3-5-17(23)28)8-7-19(35-24)21-12-37(13-34-21)22-9-6-15(27)10-18(22)29/h3-10,12-14,36H,11,33H2,1-2H3. The number of alkyl halides is 3. The maximum atomic E-state index is 15.0. The minimum Gasteiger partial charge on any atom is -0.343 e. The van der Waals surface area contributed by atoms with Gasteiger partial charge in [0.05, 0.1) is 28.2 Å². The summed E-state index contributed by atoms with van der Waals surface area (Å²) in [6.07, 6.45) is -2.05. The van der Waals surface area contributed by atoms with Crippen molar-refractivity contribution in [3.63, 3.8) is 0 Å². The van der Waals surface area contributed by atoms with E-state index in [2.05, 4.69) is 15.3 Å². The molecule has 1 aliphatic rings. The highest BCUT2D eigenvalue weighted by atomic mass is 19.4. The number of anilines is 2. The van der Waals surface area contributed by atoms with Gasteiger partial charge in [-0.25, -0.2) is 23.1 Å². The Morgan fingerprint density at radius 1 is 1.00 bits per heavy atom. The average molecular weight is 532 g/mol. The normalized spacial score (nSPS) is 17.2. The van der Waals surface area contributed by atoms with Crippen LogP contribution >= 0.6 is 0 Å². The first-order chi connectivity index (χ1) is 17.9. The lowest BCUT2D eigenvalue weighted by atomic mass is 9.98. The molecule has 4 aromatic rings. The van der Waals surface area contributed by atoms with Gasteiger partial charge in [-0.2, -0.15) is 13.2 Å². The SMILES string of the molecule is CC(C)CN1c2nc(-c3cn(-c4ccc(F)cc4F)cn3)ccc2NC1(N)c1c(F)cccc1C(F)(F)F. The number of nitrogens with one attached hydrogen (secondary N) is 1. The van der Waals surface area contributed by atoms with E-state index in [0.29, 0.717) is 17.1 Å². The molecule has 198 valence electrons. The van der Waals surface area contributed by atoms with Crippen LogP contribution in [0.1, 0.15) is 25.0 Å². The molecule has 0 aliphatic carbocycles. The van der Waals surface area contributed by atoms with E-state index in [9.17, 15) is 22.0 Å². The summed E-state index contributed by atoms with van der Waals surface area (Å²) >= 11 is 0. The fourth-order valence-electron chi connectivity index (χ4n) is 4.55. The zero-order valence-electron chi connectivity index (χ0n) is 20.2. The van der Waals surface area contributed by atoms with Gasteiger partial charge < -0.3 is 14.8 Å². The van der Waals surface area contributed by atoms with E-state index in [4.69, 9.17) is 5.73 Å². The van der Waals surface area contributed by atoms with Crippen molar-refractivity contribution in [2.24, 2.45) is 11.7 Å². The first kappa shape index (κ1) is 25.6. The molecule has 0 saturated carbocycles. The quantitative estimate of drug-likeness (QED) is 0.307. The smallest absolute Gasteiger partial charge is 0.343 e. The molecular formula is C26H22F6N6. The monoisotopic (exact) mass is 532 g/mol. The highest BCUT2D eigenvalue weighted by Crippen LogP contribution is 2.46. The molecule has 2 aromatic heterocycles. The van der Waals surface area contributed by atoms with Gasteiger partial charge in [-0.3, -0.25) is 5.73 Å². The third kappa shape index (κ3) is 4.34. The van der Waals surface area contributed by atoms with Crippen molar-refractivity contribution in [3.8, 4) is 17.1 Å². The predicted molar refractivity (Wildman–Crippen MR) is 130 cm³/mol. The zero-order valence-corrected chi connectivity index (χ0v) is 20.2. The number of halogens is 6. The fraction of sp³-hybridized carbons (Fsp3) is 0.231. The largest absolute Gasteiger partial charge is 0.416 e. The number of hydrogen-bond donors (Lipinski definition) is 2. The van der Waals surface area contributed by atoms with Gasteiger partial charge >= 0.3 is 6.18 Å². The van der Waals surface area contributed by atoms with Gasteiger partial charge in [0.1, 0.15) is 29.5 Å². The topological polar surface area (TPSA) is 72.0 Å². The van der Waals surface area contributed by atoms with Gasteiger partial charge in [-0.15, -0.1) is 0 Å². The summed E-state index contributed by atoms with van der Waals surface area (Å²) in [5.74, 6) is -4.60. The summed E-state index contributed by atoms with van der Waals surface area (Å²) in [6, 6.07) is 8.93. The molecule has 0 spiro atoms. The van der Waals surface area contributed by atoms with Crippen molar-refractivity contribution < 1.29 is 26.3 Å². The Morgan fingerprint density at radius 3 is 2.45 bits per heavy atom. The number of hydrogen-bond acceptors (Lipinski definition) is 5. The van der Waals surface area contributed by atoms with Crippen LogP contribution < -0.4 is 16.0 Å². The van der Waals surface area contributed by atoms with Crippen LogP contribution in [0.15, 0.2) is 61.1 Å². The van der Waals surface area contributed by atoms with Crippen LogP contribution in [0.2, 0.25) is 0 Å². The molecule has 5 rings (SSSR count). The number of nitrogens with zero attached hydrogens (tertiary/aromatic N) is 4. The summed E-state index contributed by atoms with van der Waals surface area (Å²) in [5, 5.41) is 2.85. The average Bonchev–Trinajstić information content (AvgIpc) is 3.41. The maximum absolute atomic E-state index is 15.0. The van der Waals surface area contributed by atoms with Crippen molar-refractivity contribution in [1.29, 1.82) is 0 Å². The van der Waals surface area contributed by atoms with Crippen molar-refractivity contribution in [2.45, 2.75) is 25.8 Å². The second-order valence-electron chi connectivity index (χ2n) is 9.39. The Kier molecular flexibility index (Phi) is 6.09. The Balaban J connectivity index is 1.59. The van der Waals surface area contributed by atoms with Crippen LogP contribution in [-0.4, -0.2) is 21.1 Å². The van der Waals surface area contributed by atoms with Gasteiger partial charge in [0.25, 0.3) is 0 Å². The van der Waals surface area contributed by atoms with E-state index in [0.717, 1.165) is 30.3 Å². The van der Waals surface area contributed by atoms with Crippen LogP contribution in [0.5, 0.6) is 0 Å². The zero-order chi connectivity index (χ0) is 27.4. The van der Waals surface area contributed by atoms with Crippen LogP contribution in [0.4, 0.5) is 37.8 Å². The number of aromatic nitrogens is 3. The minimum absolute atomic E-state index is 0.0645. The van der Waals surface area contributed by atoms with Gasteiger partial charge in [-0.05, 0) is 42.3 Å². The van der Waals surface area contributed by atoms with E-state index in [1.807, 2.05) is 13.8 Å². The number of pyridine rings is 1. The molecule has 0 saturated heterocycles. The molecule has 12 heteroatoms. The van der Waals surface area contributed by atoms with Gasteiger partial charge in [0.2, 0.25) is 0 Å². The molecule has 3 N–H and O–H groups in total. The third-order valence-electron chi connectivity index (χ3n) is 6.16. The molecule has 0 radical (unpaired) electrons. The molecule has 1 atom stereocenters. The molecular weight excluding hydrogens is 510 g/mol. The first-order valence-electron chi connectivity index (χ1n) is 11.6. The second-order valence-corrected chi connectivity index (χ2v) is 9.39. The highest BCUT2D eigenvalue weighted by Gasteiger charge is 2.50. The summed E-state index contributed by atoms with van der Waals surface area (Å²) in [4.78, 5) is 10.3. The highest BCUT2D eigenvalue weighted by molar-refractivity contribution is 5.78. The van der Waals surface area contributed by atoms with Gasteiger partial charge in [0, 0.05) is 18.8 Å². The van der Waals surface area contributed by atoms with Gasteiger partial charge in [-0.1, -0.05) is 19.9 Å². The molecule has 6 nitrogen and oxygen atoms in total. The number of benzene rings is 2. The van der Waals surface area contributed by atoms with Crippen molar-refractivity contribution >= 4 is 11.5 Å². The number of rotatable bonds is 5. The number of imidazole rings is 1. The predicted octanol–water partition coefficient (Wildman–Crippen LogP) is 6.03. The second kappa shape index (κ2) is 9.05. The lowest BCUT2D eigenvalue weighted by molar-refractivity contribution is -0.139. The van der Waals surface area contributed by atoms with E-state index < -0.39 is 40.5 Å². The summed E-state index contributed by atoms with van der Waals surface area (Å²) in [5.41, 5.74) is 5.61. The van der Waals surface area contributed by atoms with Crippen LogP contribution in [0, 0.1) is 23.4 Å². The summed E-state index contributed by atoms with van der Waals surface area (Å²) < 4.78 is 85.7. The van der Waals surface area contributed by atoms with E-state index in [1.54, 1.807) is 12.1 Å². The minimum atomic E-state index is -4.86.